The van der Waals surface area contributed by atoms with Crippen molar-refractivity contribution in [3.8, 4) is 0 Å². The van der Waals surface area contributed by atoms with Gasteiger partial charge in [0.15, 0.2) is 5.65 Å². The Kier molecular flexibility index (Phi) is 3.54. The Hall–Kier alpha value is -1.01. The molecule has 0 bridgehead atoms. The van der Waals surface area contributed by atoms with Crippen molar-refractivity contribution >= 4 is 57.7 Å². The third kappa shape index (κ3) is 2.65. The molecule has 3 rings (SSSR count). The summed E-state index contributed by atoms with van der Waals surface area (Å²) in [6.07, 6.45) is 1.55. The Bertz CT molecular complexity index is 759. The van der Waals surface area contributed by atoms with Crippen molar-refractivity contribution in [2.45, 2.75) is 9.92 Å². The normalized spacial score (nSPS) is 11.1. The summed E-state index contributed by atoms with van der Waals surface area (Å²) in [6.45, 7) is 0. The largest absolute Gasteiger partial charge is 0.341 e. The maximum absolute atomic E-state index is 5.98. The van der Waals surface area contributed by atoms with Crippen molar-refractivity contribution in [1.29, 1.82) is 0 Å². The Morgan fingerprint density at radius 2 is 1.89 bits per heavy atom. The molecule has 0 atom stereocenters. The van der Waals surface area contributed by atoms with E-state index < -0.39 is 0 Å². The first-order chi connectivity index (χ1) is 9.13. The van der Waals surface area contributed by atoms with E-state index in [0.29, 0.717) is 20.7 Å². The molecule has 0 spiro atoms. The van der Waals surface area contributed by atoms with E-state index in [-0.39, 0.29) is 5.28 Å². The Morgan fingerprint density at radius 3 is 2.68 bits per heavy atom. The first-order valence-electron chi connectivity index (χ1n) is 5.13. The number of aromatic nitrogens is 4. The number of hydrogen-bond acceptors (Lipinski definition) is 4. The van der Waals surface area contributed by atoms with E-state index in [0.717, 1.165) is 10.4 Å². The zero-order valence-electron chi connectivity index (χ0n) is 9.19. The maximum Gasteiger partial charge on any atom is 0.225 e. The van der Waals surface area contributed by atoms with E-state index in [1.165, 1.54) is 11.8 Å². The van der Waals surface area contributed by atoms with Crippen molar-refractivity contribution in [1.82, 2.24) is 19.9 Å². The quantitative estimate of drug-likeness (QED) is 0.556. The van der Waals surface area contributed by atoms with Gasteiger partial charge in [-0.2, -0.15) is 4.98 Å². The molecule has 2 aromatic heterocycles. The average Bonchev–Trinajstić information content (AvgIpc) is 2.82. The lowest BCUT2D eigenvalue weighted by Gasteiger charge is -2.03. The van der Waals surface area contributed by atoms with E-state index in [2.05, 4.69) is 19.9 Å². The number of fused-ring (bicyclic) bond motifs is 1. The van der Waals surface area contributed by atoms with Gasteiger partial charge in [-0.15, -0.1) is 0 Å². The van der Waals surface area contributed by atoms with Gasteiger partial charge in [0, 0.05) is 4.90 Å². The van der Waals surface area contributed by atoms with Crippen molar-refractivity contribution in [3.05, 3.63) is 39.9 Å². The minimum atomic E-state index is 0.155. The molecule has 0 aliphatic heterocycles. The number of rotatable bonds is 2. The van der Waals surface area contributed by atoms with Crippen LogP contribution in [0, 0.1) is 0 Å². The van der Waals surface area contributed by atoms with Crippen LogP contribution in [0.15, 0.2) is 34.4 Å². The monoisotopic (exact) mass is 330 g/mol. The number of halogens is 3. The van der Waals surface area contributed by atoms with Gasteiger partial charge >= 0.3 is 0 Å². The summed E-state index contributed by atoms with van der Waals surface area (Å²) < 4.78 is 0. The van der Waals surface area contributed by atoms with Crippen LogP contribution in [-0.2, 0) is 0 Å². The second kappa shape index (κ2) is 5.17. The highest BCUT2D eigenvalue weighted by Gasteiger charge is 2.11. The molecule has 8 heteroatoms. The lowest BCUT2D eigenvalue weighted by atomic mass is 10.4. The summed E-state index contributed by atoms with van der Waals surface area (Å²) in [6, 6.07) is 5.36. The summed E-state index contributed by atoms with van der Waals surface area (Å²) >= 11 is 19.1. The topological polar surface area (TPSA) is 54.5 Å². The standard InChI is InChI=1S/C11H5Cl3N4S/c12-6-2-1-5(3-7(6)13)19-10-8-9(16-4-15-8)17-11(14)18-10/h1-4H,(H,15,16,17,18). The van der Waals surface area contributed by atoms with Gasteiger partial charge in [-0.05, 0) is 29.8 Å². The number of nitrogens with zero attached hydrogens (tertiary/aromatic N) is 3. The van der Waals surface area contributed by atoms with E-state index >= 15 is 0 Å². The van der Waals surface area contributed by atoms with Crippen molar-refractivity contribution in [3.63, 3.8) is 0 Å². The van der Waals surface area contributed by atoms with Crippen LogP contribution < -0.4 is 0 Å². The lowest BCUT2D eigenvalue weighted by Crippen LogP contribution is -1.88. The van der Waals surface area contributed by atoms with E-state index in [1.807, 2.05) is 6.07 Å². The highest BCUT2D eigenvalue weighted by Crippen LogP contribution is 2.34. The van der Waals surface area contributed by atoms with Crippen LogP contribution in [0.4, 0.5) is 0 Å². The van der Waals surface area contributed by atoms with Gasteiger partial charge in [0.05, 0.1) is 16.4 Å². The number of imidazole rings is 1. The Morgan fingerprint density at radius 1 is 1.05 bits per heavy atom. The third-order valence-corrected chi connectivity index (χ3v) is 4.22. The van der Waals surface area contributed by atoms with Crippen LogP contribution >= 0.6 is 46.6 Å². The van der Waals surface area contributed by atoms with Crippen LogP contribution in [0.3, 0.4) is 0 Å². The molecule has 0 saturated carbocycles. The fraction of sp³-hybridized carbons (Fsp3) is 0. The smallest absolute Gasteiger partial charge is 0.225 e. The molecule has 0 unspecified atom stereocenters. The molecule has 0 fully saturated rings. The number of benzene rings is 1. The van der Waals surface area contributed by atoms with Crippen LogP contribution in [0.2, 0.25) is 15.3 Å². The van der Waals surface area contributed by atoms with Crippen LogP contribution in [0.5, 0.6) is 0 Å². The molecule has 19 heavy (non-hydrogen) atoms. The van der Waals surface area contributed by atoms with Gasteiger partial charge in [0.1, 0.15) is 10.5 Å². The molecule has 3 aromatic rings. The zero-order chi connectivity index (χ0) is 13.4. The van der Waals surface area contributed by atoms with Crippen molar-refractivity contribution in [2.24, 2.45) is 0 Å². The summed E-state index contributed by atoms with van der Waals surface area (Å²) in [5.41, 5.74) is 1.27. The van der Waals surface area contributed by atoms with E-state index in [4.69, 9.17) is 34.8 Å². The van der Waals surface area contributed by atoms with Crippen LogP contribution in [-0.4, -0.2) is 19.9 Å². The summed E-state index contributed by atoms with van der Waals surface area (Å²) in [4.78, 5) is 16.2. The molecule has 0 radical (unpaired) electrons. The maximum atomic E-state index is 5.98. The predicted molar refractivity (Wildman–Crippen MR) is 77.3 cm³/mol. The minimum Gasteiger partial charge on any atom is -0.341 e. The average molecular weight is 332 g/mol. The lowest BCUT2D eigenvalue weighted by molar-refractivity contribution is 1.08. The van der Waals surface area contributed by atoms with E-state index in [9.17, 15) is 0 Å². The molecule has 4 nitrogen and oxygen atoms in total. The van der Waals surface area contributed by atoms with E-state index in [1.54, 1.807) is 18.5 Å². The SMILES string of the molecule is Clc1nc(Sc2ccc(Cl)c(Cl)c2)c2[nH]cnc2n1. The number of aromatic amines is 1. The first-order valence-corrected chi connectivity index (χ1v) is 7.08. The molecule has 2 heterocycles. The van der Waals surface area contributed by atoms with Gasteiger partial charge in [0.2, 0.25) is 5.28 Å². The van der Waals surface area contributed by atoms with Gasteiger partial charge in [-0.25, -0.2) is 9.97 Å². The molecule has 1 N–H and O–H groups in total. The van der Waals surface area contributed by atoms with Crippen LogP contribution in [0.1, 0.15) is 0 Å². The van der Waals surface area contributed by atoms with Gasteiger partial charge in [-0.3, -0.25) is 0 Å². The highest BCUT2D eigenvalue weighted by molar-refractivity contribution is 7.99. The highest BCUT2D eigenvalue weighted by atomic mass is 35.5. The third-order valence-electron chi connectivity index (χ3n) is 2.33. The predicted octanol–water partition coefficient (Wildman–Crippen LogP) is 4.46. The molecule has 0 aliphatic rings. The fourth-order valence-electron chi connectivity index (χ4n) is 1.51. The zero-order valence-corrected chi connectivity index (χ0v) is 12.3. The van der Waals surface area contributed by atoms with Crippen molar-refractivity contribution < 1.29 is 0 Å². The molecular weight excluding hydrogens is 327 g/mol. The van der Waals surface area contributed by atoms with Gasteiger partial charge in [0.25, 0.3) is 0 Å². The fourth-order valence-corrected chi connectivity index (χ4v) is 3.01. The Balaban J connectivity index is 2.04. The number of nitrogens with one attached hydrogen (secondary N) is 1. The summed E-state index contributed by atoms with van der Waals surface area (Å²) in [7, 11) is 0. The molecule has 0 amide bonds. The Labute approximate surface area is 127 Å². The molecular formula is C11H5Cl3N4S. The van der Waals surface area contributed by atoms with Gasteiger partial charge in [-0.1, -0.05) is 35.0 Å². The second-order valence-corrected chi connectivity index (χ2v) is 5.79. The number of H-pyrrole nitrogens is 1. The molecule has 96 valence electrons. The summed E-state index contributed by atoms with van der Waals surface area (Å²) in [5.74, 6) is 0. The second-order valence-electron chi connectivity index (χ2n) is 3.58. The molecule has 1 aromatic carbocycles. The summed E-state index contributed by atoms with van der Waals surface area (Å²) in [5, 5.41) is 1.85. The van der Waals surface area contributed by atoms with Gasteiger partial charge < -0.3 is 4.98 Å². The first kappa shape index (κ1) is 13.0. The molecule has 0 saturated heterocycles. The van der Waals surface area contributed by atoms with Crippen molar-refractivity contribution in [2.75, 3.05) is 0 Å². The number of hydrogen-bond donors (Lipinski definition) is 1. The minimum absolute atomic E-state index is 0.155. The van der Waals surface area contributed by atoms with Crippen LogP contribution in [0.25, 0.3) is 11.2 Å². The molecule has 0 aliphatic carbocycles.